The van der Waals surface area contributed by atoms with E-state index in [1.54, 1.807) is 42.8 Å². The van der Waals surface area contributed by atoms with Gasteiger partial charge in [0.1, 0.15) is 16.8 Å². The standard InChI is InChI=1S/C21H17F3N2O2S3/c1-28-14-4-6-15(7-5-14)30-11-13(27)12-31-20-16(10-25)17(21(22,23)24)9-18(26-20)19-3-2-8-29-19/h2-9,13,27H,11-12H2,1H3. The first-order valence-electron chi connectivity index (χ1n) is 8.95. The first kappa shape index (κ1) is 23.5. The molecule has 31 heavy (non-hydrogen) atoms. The number of ether oxygens (including phenoxy) is 1. The Morgan fingerprint density at radius 3 is 2.48 bits per heavy atom. The molecule has 1 atom stereocenters. The number of thiophene rings is 1. The van der Waals surface area contributed by atoms with Crippen molar-refractivity contribution in [1.82, 2.24) is 4.98 Å². The molecule has 3 rings (SSSR count). The van der Waals surface area contributed by atoms with Gasteiger partial charge in [-0.25, -0.2) is 4.98 Å². The number of hydrogen-bond donors (Lipinski definition) is 1. The van der Waals surface area contributed by atoms with Crippen molar-refractivity contribution >= 4 is 34.9 Å². The highest BCUT2D eigenvalue weighted by molar-refractivity contribution is 8.00. The Bertz CT molecular complexity index is 1050. The first-order chi connectivity index (χ1) is 14.8. The molecular weight excluding hydrogens is 465 g/mol. The summed E-state index contributed by atoms with van der Waals surface area (Å²) >= 11 is 3.64. The van der Waals surface area contributed by atoms with Gasteiger partial charge in [0.2, 0.25) is 0 Å². The lowest BCUT2D eigenvalue weighted by Crippen LogP contribution is -2.14. The lowest BCUT2D eigenvalue weighted by Gasteiger charge is -2.15. The number of halogens is 3. The third kappa shape index (κ3) is 6.17. The van der Waals surface area contributed by atoms with E-state index in [0.717, 1.165) is 28.5 Å². The quantitative estimate of drug-likeness (QED) is 0.400. The number of nitrogens with zero attached hydrogens (tertiary/aromatic N) is 2. The Hall–Kier alpha value is -2.19. The van der Waals surface area contributed by atoms with Crippen molar-refractivity contribution < 1.29 is 23.0 Å². The Kier molecular flexibility index (Phi) is 7.89. The number of benzene rings is 1. The predicted molar refractivity (Wildman–Crippen MR) is 118 cm³/mol. The summed E-state index contributed by atoms with van der Waals surface area (Å²) in [5, 5.41) is 21.4. The van der Waals surface area contributed by atoms with E-state index in [4.69, 9.17) is 4.74 Å². The van der Waals surface area contributed by atoms with E-state index < -0.39 is 23.4 Å². The van der Waals surface area contributed by atoms with Crippen molar-refractivity contribution in [2.24, 2.45) is 0 Å². The summed E-state index contributed by atoms with van der Waals surface area (Å²) in [7, 11) is 1.57. The molecule has 0 fully saturated rings. The van der Waals surface area contributed by atoms with Crippen LogP contribution in [0.1, 0.15) is 11.1 Å². The van der Waals surface area contributed by atoms with E-state index in [-0.39, 0.29) is 16.5 Å². The smallest absolute Gasteiger partial charge is 0.417 e. The molecule has 162 valence electrons. The second-order valence-corrected chi connectivity index (χ2v) is 9.32. The number of methoxy groups -OCH3 is 1. The van der Waals surface area contributed by atoms with Gasteiger partial charge in [0, 0.05) is 16.4 Å². The molecule has 2 aromatic heterocycles. The minimum atomic E-state index is -4.68. The molecule has 0 radical (unpaired) electrons. The average molecular weight is 483 g/mol. The van der Waals surface area contributed by atoms with Gasteiger partial charge in [0.05, 0.1) is 34.9 Å². The average Bonchev–Trinajstić information content (AvgIpc) is 3.30. The summed E-state index contributed by atoms with van der Waals surface area (Å²) < 4.78 is 45.8. The van der Waals surface area contributed by atoms with Crippen molar-refractivity contribution in [3.05, 3.63) is 59.0 Å². The van der Waals surface area contributed by atoms with E-state index in [1.165, 1.54) is 23.1 Å². The van der Waals surface area contributed by atoms with Gasteiger partial charge in [0.15, 0.2) is 0 Å². The van der Waals surface area contributed by atoms with E-state index in [0.29, 0.717) is 10.6 Å². The zero-order valence-electron chi connectivity index (χ0n) is 16.2. The van der Waals surface area contributed by atoms with E-state index in [1.807, 2.05) is 12.1 Å². The van der Waals surface area contributed by atoms with Crippen molar-refractivity contribution in [2.45, 2.75) is 22.2 Å². The van der Waals surface area contributed by atoms with Crippen LogP contribution in [-0.2, 0) is 6.18 Å². The zero-order valence-corrected chi connectivity index (χ0v) is 18.7. The van der Waals surface area contributed by atoms with Crippen LogP contribution in [0.4, 0.5) is 13.2 Å². The minimum Gasteiger partial charge on any atom is -0.497 e. The monoisotopic (exact) mass is 482 g/mol. The van der Waals surface area contributed by atoms with Crippen molar-refractivity contribution in [2.75, 3.05) is 18.6 Å². The normalized spacial score (nSPS) is 12.4. The fraction of sp³-hybridized carbons (Fsp3) is 0.238. The number of aliphatic hydroxyl groups excluding tert-OH is 1. The van der Waals surface area contributed by atoms with Gasteiger partial charge >= 0.3 is 6.18 Å². The molecule has 10 heteroatoms. The maximum atomic E-state index is 13.6. The van der Waals surface area contributed by atoms with E-state index in [9.17, 15) is 23.5 Å². The summed E-state index contributed by atoms with van der Waals surface area (Å²) in [5.41, 5.74) is -1.38. The van der Waals surface area contributed by atoms with Gasteiger partial charge in [0.25, 0.3) is 0 Å². The number of alkyl halides is 3. The summed E-state index contributed by atoms with van der Waals surface area (Å²) in [6, 6.07) is 13.3. The van der Waals surface area contributed by atoms with Crippen LogP contribution < -0.4 is 4.74 Å². The highest BCUT2D eigenvalue weighted by Crippen LogP contribution is 2.39. The number of hydrogen-bond acceptors (Lipinski definition) is 7. The Labute approximate surface area is 190 Å². The fourth-order valence-electron chi connectivity index (χ4n) is 2.60. The predicted octanol–water partition coefficient (Wildman–Crippen LogP) is 5.95. The van der Waals surface area contributed by atoms with Crippen LogP contribution in [0.2, 0.25) is 0 Å². The molecule has 4 nitrogen and oxygen atoms in total. The van der Waals surface area contributed by atoms with Gasteiger partial charge in [-0.15, -0.1) is 34.9 Å². The maximum absolute atomic E-state index is 13.6. The van der Waals surface area contributed by atoms with Gasteiger partial charge in [-0.2, -0.15) is 18.4 Å². The SMILES string of the molecule is COc1ccc(SCC(O)CSc2nc(-c3cccs3)cc(C(F)(F)F)c2C#N)cc1. The van der Waals surface area contributed by atoms with Crippen molar-refractivity contribution in [3.8, 4) is 22.4 Å². The zero-order chi connectivity index (χ0) is 22.4. The molecule has 1 aromatic carbocycles. The largest absolute Gasteiger partial charge is 0.497 e. The molecule has 1 N–H and O–H groups in total. The number of thioether (sulfide) groups is 2. The highest BCUT2D eigenvalue weighted by atomic mass is 32.2. The fourth-order valence-corrected chi connectivity index (χ4v) is 5.19. The second-order valence-electron chi connectivity index (χ2n) is 6.27. The molecule has 1 unspecified atom stereocenters. The van der Waals surface area contributed by atoms with Crippen LogP contribution >= 0.6 is 34.9 Å². The maximum Gasteiger partial charge on any atom is 0.417 e. The van der Waals surface area contributed by atoms with Crippen molar-refractivity contribution in [3.63, 3.8) is 0 Å². The summed E-state index contributed by atoms with van der Waals surface area (Å²) in [6.07, 6.45) is -5.48. The third-order valence-electron chi connectivity index (χ3n) is 4.09. The summed E-state index contributed by atoms with van der Waals surface area (Å²) in [4.78, 5) is 5.80. The topological polar surface area (TPSA) is 66.1 Å². The summed E-state index contributed by atoms with van der Waals surface area (Å²) in [6.45, 7) is 0. The molecule has 2 heterocycles. The van der Waals surface area contributed by atoms with E-state index >= 15 is 0 Å². The summed E-state index contributed by atoms with van der Waals surface area (Å²) in [5.74, 6) is 1.18. The Morgan fingerprint density at radius 2 is 1.90 bits per heavy atom. The van der Waals surface area contributed by atoms with Gasteiger partial charge in [-0.05, 0) is 41.8 Å². The van der Waals surface area contributed by atoms with Crippen LogP contribution in [0.15, 0.2) is 57.8 Å². The van der Waals surface area contributed by atoms with Crippen LogP contribution in [0.3, 0.4) is 0 Å². The van der Waals surface area contributed by atoms with Crippen LogP contribution in [0.5, 0.6) is 5.75 Å². The van der Waals surface area contributed by atoms with Crippen LogP contribution in [0, 0.1) is 11.3 Å². The lowest BCUT2D eigenvalue weighted by molar-refractivity contribution is -0.138. The Balaban J connectivity index is 1.74. The highest BCUT2D eigenvalue weighted by Gasteiger charge is 2.36. The molecule has 3 aromatic rings. The lowest BCUT2D eigenvalue weighted by atomic mass is 10.1. The number of aromatic nitrogens is 1. The third-order valence-corrected chi connectivity index (χ3v) is 7.26. The number of nitriles is 1. The van der Waals surface area contributed by atoms with Gasteiger partial charge in [-0.3, -0.25) is 0 Å². The van der Waals surface area contributed by atoms with E-state index in [2.05, 4.69) is 4.98 Å². The van der Waals surface area contributed by atoms with Gasteiger partial charge in [-0.1, -0.05) is 6.07 Å². The number of pyridine rings is 1. The van der Waals surface area contributed by atoms with Crippen molar-refractivity contribution in [1.29, 1.82) is 5.26 Å². The molecule has 0 saturated carbocycles. The molecule has 0 amide bonds. The molecule has 0 aliphatic rings. The molecule has 0 saturated heterocycles. The number of aliphatic hydroxyl groups is 1. The molecule has 0 bridgehead atoms. The molecule has 0 aliphatic carbocycles. The molecular formula is C21H17F3N2O2S3. The first-order valence-corrected chi connectivity index (χ1v) is 11.8. The Morgan fingerprint density at radius 1 is 1.19 bits per heavy atom. The molecule has 0 aliphatic heterocycles. The number of rotatable bonds is 8. The molecule has 0 spiro atoms. The van der Waals surface area contributed by atoms with Gasteiger partial charge < -0.3 is 9.84 Å². The van der Waals surface area contributed by atoms with Crippen LogP contribution in [0.25, 0.3) is 10.6 Å². The van der Waals surface area contributed by atoms with Crippen LogP contribution in [-0.4, -0.2) is 34.8 Å². The second kappa shape index (κ2) is 10.4. The minimum absolute atomic E-state index is 0.0331.